The molecular formula is C22H17Br2NO2S. The SMILES string of the molecule is O=C(NCC=Cc1cc(Br)c(Br)s1)OCC1c2ccccc2-c2ccccc21. The summed E-state index contributed by atoms with van der Waals surface area (Å²) < 4.78 is 7.60. The highest BCUT2D eigenvalue weighted by Gasteiger charge is 2.28. The van der Waals surface area contributed by atoms with Crippen molar-refractivity contribution in [2.75, 3.05) is 13.2 Å². The molecule has 1 aliphatic carbocycles. The summed E-state index contributed by atoms with van der Waals surface area (Å²) in [5, 5.41) is 2.78. The van der Waals surface area contributed by atoms with Gasteiger partial charge in [-0.3, -0.25) is 0 Å². The number of carbonyl (C=O) groups is 1. The molecule has 3 nitrogen and oxygen atoms in total. The van der Waals surface area contributed by atoms with Crippen LogP contribution in [0.5, 0.6) is 0 Å². The van der Waals surface area contributed by atoms with E-state index in [4.69, 9.17) is 4.74 Å². The minimum Gasteiger partial charge on any atom is -0.449 e. The van der Waals surface area contributed by atoms with E-state index >= 15 is 0 Å². The van der Waals surface area contributed by atoms with Crippen LogP contribution in [0, 0.1) is 0 Å². The van der Waals surface area contributed by atoms with Gasteiger partial charge in [-0.1, -0.05) is 54.6 Å². The summed E-state index contributed by atoms with van der Waals surface area (Å²) in [4.78, 5) is 13.2. The second-order valence-electron chi connectivity index (χ2n) is 6.38. The summed E-state index contributed by atoms with van der Waals surface area (Å²) in [7, 11) is 0. The van der Waals surface area contributed by atoms with Gasteiger partial charge in [0.2, 0.25) is 0 Å². The third-order valence-electron chi connectivity index (χ3n) is 4.65. The predicted molar refractivity (Wildman–Crippen MR) is 122 cm³/mol. The van der Waals surface area contributed by atoms with E-state index in [1.54, 1.807) is 11.3 Å². The first-order valence-corrected chi connectivity index (χ1v) is 11.2. The van der Waals surface area contributed by atoms with E-state index in [0.717, 1.165) is 13.1 Å². The fraction of sp³-hybridized carbons (Fsp3) is 0.136. The Morgan fingerprint density at radius 1 is 1.07 bits per heavy atom. The van der Waals surface area contributed by atoms with E-state index in [-0.39, 0.29) is 5.92 Å². The lowest BCUT2D eigenvalue weighted by molar-refractivity contribution is 0.144. The maximum Gasteiger partial charge on any atom is 0.407 e. The van der Waals surface area contributed by atoms with Crippen LogP contribution >= 0.6 is 43.2 Å². The van der Waals surface area contributed by atoms with Gasteiger partial charge in [0.15, 0.2) is 0 Å². The highest BCUT2D eigenvalue weighted by Crippen LogP contribution is 2.44. The topological polar surface area (TPSA) is 38.3 Å². The number of amides is 1. The van der Waals surface area contributed by atoms with E-state index in [0.29, 0.717) is 13.2 Å². The average molecular weight is 519 g/mol. The number of halogens is 2. The molecule has 0 spiro atoms. The number of thiophene rings is 1. The Bertz CT molecular complexity index is 980. The summed E-state index contributed by atoms with van der Waals surface area (Å²) >= 11 is 8.56. The number of fused-ring (bicyclic) bond motifs is 3. The molecule has 3 aromatic rings. The van der Waals surface area contributed by atoms with Gasteiger partial charge in [-0.05, 0) is 66.3 Å². The molecule has 0 saturated heterocycles. The minimum atomic E-state index is -0.403. The van der Waals surface area contributed by atoms with Crippen LogP contribution in [0.3, 0.4) is 0 Å². The lowest BCUT2D eigenvalue weighted by Crippen LogP contribution is -2.26. The number of carbonyl (C=O) groups excluding carboxylic acids is 1. The zero-order valence-corrected chi connectivity index (χ0v) is 18.8. The monoisotopic (exact) mass is 517 g/mol. The van der Waals surface area contributed by atoms with Crippen LogP contribution < -0.4 is 5.32 Å². The van der Waals surface area contributed by atoms with Crippen molar-refractivity contribution >= 4 is 55.4 Å². The minimum absolute atomic E-state index is 0.0783. The first-order valence-electron chi connectivity index (χ1n) is 8.83. The first-order chi connectivity index (χ1) is 13.6. The van der Waals surface area contributed by atoms with Crippen LogP contribution in [-0.2, 0) is 4.74 Å². The van der Waals surface area contributed by atoms with Crippen molar-refractivity contribution < 1.29 is 9.53 Å². The van der Waals surface area contributed by atoms with Gasteiger partial charge in [0.05, 0.1) is 3.79 Å². The highest BCUT2D eigenvalue weighted by molar-refractivity contribution is 9.13. The van der Waals surface area contributed by atoms with Crippen molar-refractivity contribution in [3.63, 3.8) is 0 Å². The molecule has 0 bridgehead atoms. The third-order valence-corrected chi connectivity index (χ3v) is 7.88. The van der Waals surface area contributed by atoms with Crippen molar-refractivity contribution in [3.8, 4) is 11.1 Å². The van der Waals surface area contributed by atoms with Gasteiger partial charge < -0.3 is 10.1 Å². The first kappa shape index (κ1) is 19.4. The van der Waals surface area contributed by atoms with E-state index < -0.39 is 6.09 Å². The van der Waals surface area contributed by atoms with Crippen molar-refractivity contribution in [2.24, 2.45) is 0 Å². The molecule has 1 N–H and O–H groups in total. The summed E-state index contributed by atoms with van der Waals surface area (Å²) in [6, 6.07) is 18.7. The second kappa shape index (κ2) is 8.64. The molecule has 28 heavy (non-hydrogen) atoms. The largest absolute Gasteiger partial charge is 0.449 e. The molecule has 1 aliphatic rings. The van der Waals surface area contributed by atoms with Crippen LogP contribution in [-0.4, -0.2) is 19.2 Å². The van der Waals surface area contributed by atoms with Gasteiger partial charge in [0.25, 0.3) is 0 Å². The molecule has 1 aromatic heterocycles. The molecule has 0 saturated carbocycles. The molecule has 0 fully saturated rings. The van der Waals surface area contributed by atoms with Crippen LogP contribution in [0.1, 0.15) is 21.9 Å². The number of benzene rings is 2. The molecule has 1 amide bonds. The second-order valence-corrected chi connectivity index (χ2v) is 9.64. The molecule has 0 radical (unpaired) electrons. The Labute approximate surface area is 184 Å². The number of rotatable bonds is 5. The van der Waals surface area contributed by atoms with Crippen molar-refractivity contribution in [1.29, 1.82) is 0 Å². The number of hydrogen-bond donors (Lipinski definition) is 1. The van der Waals surface area contributed by atoms with Gasteiger partial charge in [-0.15, -0.1) is 11.3 Å². The van der Waals surface area contributed by atoms with Gasteiger partial charge in [-0.2, -0.15) is 0 Å². The van der Waals surface area contributed by atoms with Crippen molar-refractivity contribution in [3.05, 3.63) is 84.9 Å². The lowest BCUT2D eigenvalue weighted by atomic mass is 9.98. The maximum atomic E-state index is 12.1. The average Bonchev–Trinajstić information content (AvgIpc) is 3.20. The predicted octanol–water partition coefficient (Wildman–Crippen LogP) is 6.83. The van der Waals surface area contributed by atoms with Gasteiger partial charge >= 0.3 is 6.09 Å². The quantitative estimate of drug-likeness (QED) is 0.402. The number of nitrogens with one attached hydrogen (secondary N) is 1. The Morgan fingerprint density at radius 3 is 2.32 bits per heavy atom. The summed E-state index contributed by atoms with van der Waals surface area (Å²) in [5.41, 5.74) is 4.88. The zero-order valence-electron chi connectivity index (χ0n) is 14.8. The standard InChI is InChI=1S/C22H17Br2NO2S/c23-20-12-14(28-21(20)24)6-5-11-25-22(26)27-13-19-17-9-3-1-7-15(17)16-8-2-4-10-18(16)19/h1-10,12,19H,11,13H2,(H,25,26). The molecule has 0 unspecified atom stereocenters. The van der Waals surface area contributed by atoms with E-state index in [9.17, 15) is 4.79 Å². The molecule has 0 aliphatic heterocycles. The molecule has 1 heterocycles. The van der Waals surface area contributed by atoms with E-state index in [1.807, 2.05) is 42.5 Å². The zero-order chi connectivity index (χ0) is 19.5. The Morgan fingerprint density at radius 2 is 1.71 bits per heavy atom. The lowest BCUT2D eigenvalue weighted by Gasteiger charge is -2.14. The van der Waals surface area contributed by atoms with Gasteiger partial charge in [0.1, 0.15) is 6.61 Å². The van der Waals surface area contributed by atoms with Crippen LogP contribution in [0.2, 0.25) is 0 Å². The smallest absolute Gasteiger partial charge is 0.407 e. The molecule has 4 rings (SSSR count). The molecule has 142 valence electrons. The van der Waals surface area contributed by atoms with E-state index in [2.05, 4.69) is 61.4 Å². The van der Waals surface area contributed by atoms with Gasteiger partial charge in [-0.25, -0.2) is 4.79 Å². The Hall–Kier alpha value is -1.89. The van der Waals surface area contributed by atoms with E-state index in [1.165, 1.54) is 22.3 Å². The van der Waals surface area contributed by atoms with Gasteiger partial charge in [0, 0.05) is 21.8 Å². The highest BCUT2D eigenvalue weighted by atomic mass is 79.9. The maximum absolute atomic E-state index is 12.1. The third kappa shape index (κ3) is 4.09. The normalized spacial score (nSPS) is 12.8. The van der Waals surface area contributed by atoms with Crippen LogP contribution in [0.25, 0.3) is 17.2 Å². The molecular weight excluding hydrogens is 502 g/mol. The molecule has 0 atom stereocenters. The summed E-state index contributed by atoms with van der Waals surface area (Å²) in [5.74, 6) is 0.0783. The Balaban J connectivity index is 1.34. The summed E-state index contributed by atoms with van der Waals surface area (Å²) in [6.07, 6.45) is 3.48. The van der Waals surface area contributed by atoms with Crippen LogP contribution in [0.15, 0.2) is 68.9 Å². The fourth-order valence-corrected chi connectivity index (χ4v) is 5.43. The van der Waals surface area contributed by atoms with Crippen molar-refractivity contribution in [1.82, 2.24) is 5.32 Å². The molecule has 6 heteroatoms. The molecule has 2 aromatic carbocycles. The summed E-state index contributed by atoms with van der Waals surface area (Å²) in [6.45, 7) is 0.748. The van der Waals surface area contributed by atoms with Crippen molar-refractivity contribution in [2.45, 2.75) is 5.92 Å². The number of hydrogen-bond acceptors (Lipinski definition) is 3. The number of ether oxygens (including phenoxy) is 1. The fourth-order valence-electron chi connectivity index (χ4n) is 3.41. The van der Waals surface area contributed by atoms with Crippen LogP contribution in [0.4, 0.5) is 4.79 Å². The Kier molecular flexibility index (Phi) is 5.99. The number of alkyl carbamates (subject to hydrolysis) is 1.